The summed E-state index contributed by atoms with van der Waals surface area (Å²) in [6.07, 6.45) is 0.568. The standard InChI is InChI=1S/C19H25N3O5/c1-5-16(23)20-11-17(24)22-8-9-26-15-10-14(7-6-13(15)12-22)21-18(25)27-19(2,3)4/h5-7,10H,1,8-9,11-12H2,2-4H3,(H,20,23)(H,21,25). The Balaban J connectivity index is 2.02. The highest BCUT2D eigenvalue weighted by Crippen LogP contribution is 2.27. The maximum Gasteiger partial charge on any atom is 0.412 e. The van der Waals surface area contributed by atoms with Crippen molar-refractivity contribution in [2.75, 3.05) is 25.0 Å². The van der Waals surface area contributed by atoms with E-state index in [0.717, 1.165) is 11.6 Å². The fourth-order valence-electron chi connectivity index (χ4n) is 2.43. The number of nitrogens with zero attached hydrogens (tertiary/aromatic N) is 1. The summed E-state index contributed by atoms with van der Waals surface area (Å²) in [5.74, 6) is -0.0146. The molecule has 0 fully saturated rings. The minimum absolute atomic E-state index is 0.0987. The second-order valence-corrected chi connectivity index (χ2v) is 7.04. The number of ether oxygens (including phenoxy) is 2. The van der Waals surface area contributed by atoms with Gasteiger partial charge in [0.1, 0.15) is 18.0 Å². The number of fused-ring (bicyclic) bond motifs is 1. The van der Waals surface area contributed by atoms with Crippen LogP contribution in [-0.4, -0.2) is 48.1 Å². The summed E-state index contributed by atoms with van der Waals surface area (Å²) in [6.45, 7) is 9.67. The molecule has 8 heteroatoms. The smallest absolute Gasteiger partial charge is 0.412 e. The predicted octanol–water partition coefficient (Wildman–Crippen LogP) is 2.06. The molecule has 1 aromatic carbocycles. The molecule has 1 heterocycles. The van der Waals surface area contributed by atoms with E-state index in [-0.39, 0.29) is 12.5 Å². The molecule has 146 valence electrons. The van der Waals surface area contributed by atoms with Crippen molar-refractivity contribution in [3.63, 3.8) is 0 Å². The molecule has 0 saturated heterocycles. The molecule has 2 N–H and O–H groups in total. The summed E-state index contributed by atoms with van der Waals surface area (Å²) < 4.78 is 10.9. The van der Waals surface area contributed by atoms with Crippen LogP contribution in [-0.2, 0) is 20.9 Å². The van der Waals surface area contributed by atoms with Crippen molar-refractivity contribution in [1.82, 2.24) is 10.2 Å². The Kier molecular flexibility index (Phi) is 6.44. The lowest BCUT2D eigenvalue weighted by Gasteiger charge is -2.20. The first-order valence-electron chi connectivity index (χ1n) is 8.62. The molecule has 2 rings (SSSR count). The lowest BCUT2D eigenvalue weighted by molar-refractivity contribution is -0.132. The van der Waals surface area contributed by atoms with Crippen molar-refractivity contribution in [3.8, 4) is 5.75 Å². The average Bonchev–Trinajstić information content (AvgIpc) is 2.79. The van der Waals surface area contributed by atoms with Gasteiger partial charge in [0.15, 0.2) is 0 Å². The summed E-state index contributed by atoms with van der Waals surface area (Å²) in [6, 6.07) is 5.21. The summed E-state index contributed by atoms with van der Waals surface area (Å²) in [4.78, 5) is 37.0. The number of carbonyl (C=O) groups excluding carboxylic acids is 3. The summed E-state index contributed by atoms with van der Waals surface area (Å²) in [7, 11) is 0. The Labute approximate surface area is 158 Å². The van der Waals surface area contributed by atoms with Crippen molar-refractivity contribution >= 4 is 23.6 Å². The first-order valence-corrected chi connectivity index (χ1v) is 8.62. The zero-order valence-electron chi connectivity index (χ0n) is 15.8. The van der Waals surface area contributed by atoms with Crippen molar-refractivity contribution < 1.29 is 23.9 Å². The van der Waals surface area contributed by atoms with Gasteiger partial charge in [-0.05, 0) is 32.9 Å². The van der Waals surface area contributed by atoms with Crippen molar-refractivity contribution in [2.24, 2.45) is 0 Å². The third kappa shape index (κ3) is 6.32. The first-order chi connectivity index (χ1) is 12.7. The Morgan fingerprint density at radius 1 is 1.33 bits per heavy atom. The molecule has 8 nitrogen and oxygen atoms in total. The largest absolute Gasteiger partial charge is 0.491 e. The number of rotatable bonds is 4. The van der Waals surface area contributed by atoms with Crippen LogP contribution in [0.4, 0.5) is 10.5 Å². The van der Waals surface area contributed by atoms with Crippen molar-refractivity contribution in [3.05, 3.63) is 36.4 Å². The zero-order chi connectivity index (χ0) is 20.0. The van der Waals surface area contributed by atoms with Crippen LogP contribution in [0.15, 0.2) is 30.9 Å². The lowest BCUT2D eigenvalue weighted by atomic mass is 10.1. The van der Waals surface area contributed by atoms with Gasteiger partial charge in [0.2, 0.25) is 11.8 Å². The second kappa shape index (κ2) is 8.57. The van der Waals surface area contributed by atoms with Crippen molar-refractivity contribution in [1.29, 1.82) is 0 Å². The molecule has 27 heavy (non-hydrogen) atoms. The molecule has 1 aliphatic heterocycles. The topological polar surface area (TPSA) is 97.0 Å². The molecule has 0 unspecified atom stereocenters. The van der Waals surface area contributed by atoms with E-state index >= 15 is 0 Å². The van der Waals surface area contributed by atoms with Crippen LogP contribution in [0, 0.1) is 0 Å². The Morgan fingerprint density at radius 2 is 2.07 bits per heavy atom. The highest BCUT2D eigenvalue weighted by Gasteiger charge is 2.21. The molecule has 0 aromatic heterocycles. The van der Waals surface area contributed by atoms with E-state index in [4.69, 9.17) is 9.47 Å². The van der Waals surface area contributed by atoms with Crippen LogP contribution < -0.4 is 15.4 Å². The molecule has 1 aromatic rings. The van der Waals surface area contributed by atoms with Crippen molar-refractivity contribution in [2.45, 2.75) is 32.9 Å². The quantitative estimate of drug-likeness (QED) is 0.785. The van der Waals surface area contributed by atoms with E-state index < -0.39 is 17.6 Å². The van der Waals surface area contributed by atoms with Gasteiger partial charge < -0.3 is 19.7 Å². The third-order valence-corrected chi connectivity index (χ3v) is 3.64. The van der Waals surface area contributed by atoms with Crippen LogP contribution >= 0.6 is 0 Å². The van der Waals surface area contributed by atoms with E-state index in [0.29, 0.717) is 31.1 Å². The molecule has 0 saturated carbocycles. The summed E-state index contributed by atoms with van der Waals surface area (Å²) in [5, 5.41) is 5.14. The van der Waals surface area contributed by atoms with Gasteiger partial charge in [0.05, 0.1) is 13.1 Å². The van der Waals surface area contributed by atoms with E-state index in [1.54, 1.807) is 43.9 Å². The minimum atomic E-state index is -0.589. The summed E-state index contributed by atoms with van der Waals surface area (Å²) >= 11 is 0. The van der Waals surface area contributed by atoms with E-state index in [2.05, 4.69) is 17.2 Å². The Hall–Kier alpha value is -3.03. The maximum atomic E-state index is 12.3. The van der Waals surface area contributed by atoms with Crippen LogP contribution in [0.3, 0.4) is 0 Å². The monoisotopic (exact) mass is 375 g/mol. The van der Waals surface area contributed by atoms with Crippen LogP contribution in [0.2, 0.25) is 0 Å². The number of anilines is 1. The Bertz CT molecular complexity index is 739. The average molecular weight is 375 g/mol. The minimum Gasteiger partial charge on any atom is -0.491 e. The fourth-order valence-corrected chi connectivity index (χ4v) is 2.43. The highest BCUT2D eigenvalue weighted by molar-refractivity contribution is 5.90. The van der Waals surface area contributed by atoms with Gasteiger partial charge in [-0.15, -0.1) is 0 Å². The molecule has 0 spiro atoms. The number of benzene rings is 1. The normalized spacial score (nSPS) is 13.5. The third-order valence-electron chi connectivity index (χ3n) is 3.64. The second-order valence-electron chi connectivity index (χ2n) is 7.04. The molecule has 0 bridgehead atoms. The number of hydrogen-bond acceptors (Lipinski definition) is 5. The molecular weight excluding hydrogens is 350 g/mol. The van der Waals surface area contributed by atoms with E-state index in [1.165, 1.54) is 0 Å². The fraction of sp³-hybridized carbons (Fsp3) is 0.421. The first kappa shape index (κ1) is 20.3. The van der Waals surface area contributed by atoms with Gasteiger partial charge in [-0.2, -0.15) is 0 Å². The number of amides is 3. The van der Waals surface area contributed by atoms with Gasteiger partial charge in [0.25, 0.3) is 0 Å². The number of carbonyl (C=O) groups is 3. The number of hydrogen-bond donors (Lipinski definition) is 2. The van der Waals surface area contributed by atoms with Gasteiger partial charge in [-0.1, -0.05) is 12.6 Å². The summed E-state index contributed by atoms with van der Waals surface area (Å²) in [5.41, 5.74) is 0.764. The molecule has 1 aliphatic rings. The number of nitrogens with one attached hydrogen (secondary N) is 2. The Morgan fingerprint density at radius 3 is 2.74 bits per heavy atom. The van der Waals surface area contributed by atoms with E-state index in [1.807, 2.05) is 0 Å². The maximum absolute atomic E-state index is 12.3. The van der Waals surface area contributed by atoms with Crippen LogP contribution in [0.25, 0.3) is 0 Å². The highest BCUT2D eigenvalue weighted by atomic mass is 16.6. The molecule has 0 atom stereocenters. The van der Waals surface area contributed by atoms with Crippen LogP contribution in [0.1, 0.15) is 26.3 Å². The SMILES string of the molecule is C=CC(=O)NCC(=O)N1CCOc2cc(NC(=O)OC(C)(C)C)ccc2C1. The van der Waals surface area contributed by atoms with Gasteiger partial charge >= 0.3 is 6.09 Å². The molecule has 3 amide bonds. The predicted molar refractivity (Wildman–Crippen MR) is 100 cm³/mol. The molecular formula is C19H25N3O5. The van der Waals surface area contributed by atoms with Gasteiger partial charge in [0, 0.05) is 23.9 Å². The lowest BCUT2D eigenvalue weighted by Crippen LogP contribution is -2.40. The molecule has 0 aliphatic carbocycles. The van der Waals surface area contributed by atoms with Gasteiger partial charge in [-0.3, -0.25) is 14.9 Å². The van der Waals surface area contributed by atoms with Crippen LogP contribution in [0.5, 0.6) is 5.75 Å². The zero-order valence-corrected chi connectivity index (χ0v) is 15.8. The van der Waals surface area contributed by atoms with E-state index in [9.17, 15) is 14.4 Å². The molecule has 0 radical (unpaired) electrons. The van der Waals surface area contributed by atoms with Gasteiger partial charge in [-0.25, -0.2) is 4.79 Å².